The Bertz CT molecular complexity index is 771. The van der Waals surface area contributed by atoms with Crippen LogP contribution in [0.4, 0.5) is 0 Å². The van der Waals surface area contributed by atoms with Crippen molar-refractivity contribution in [2.75, 3.05) is 0 Å². The minimum Gasteiger partial charge on any atom is -0.265 e. The largest absolute Gasteiger partial charge is 0.265 e. The summed E-state index contributed by atoms with van der Waals surface area (Å²) in [4.78, 5) is 16.5. The molecule has 0 aromatic carbocycles. The molecular formula is C20H16N4Ru. The van der Waals surface area contributed by atoms with Gasteiger partial charge in [-0.2, -0.15) is 0 Å². The molecule has 0 amide bonds. The number of aromatic nitrogens is 4. The Labute approximate surface area is 159 Å². The van der Waals surface area contributed by atoms with Gasteiger partial charge in [-0.25, -0.2) is 0 Å². The van der Waals surface area contributed by atoms with Crippen molar-refractivity contribution in [3.8, 4) is 22.4 Å². The second-order valence-corrected chi connectivity index (χ2v) is 4.91. The van der Waals surface area contributed by atoms with Crippen LogP contribution in [-0.2, 0) is 19.5 Å². The maximum atomic E-state index is 4.46. The summed E-state index contributed by atoms with van der Waals surface area (Å²) < 4.78 is 0. The molecule has 4 aromatic heterocycles. The summed E-state index contributed by atoms with van der Waals surface area (Å²) in [6.07, 6.45) is 12.5. The second-order valence-electron chi connectivity index (χ2n) is 4.91. The molecule has 0 unspecified atom stereocenters. The normalized spacial score (nSPS) is 9.28. The van der Waals surface area contributed by atoms with Crippen LogP contribution in [0.5, 0.6) is 0 Å². The van der Waals surface area contributed by atoms with Crippen LogP contribution in [-0.4, -0.2) is 19.9 Å². The van der Waals surface area contributed by atoms with Crippen LogP contribution in [0.3, 0.4) is 0 Å². The predicted molar refractivity (Wildman–Crippen MR) is 94.9 cm³/mol. The second kappa shape index (κ2) is 10.2. The third-order valence-corrected chi connectivity index (χ3v) is 3.28. The smallest absolute Gasteiger partial charge is 0.0796 e. The molecule has 0 aliphatic carbocycles. The molecule has 4 aromatic rings. The molecule has 124 valence electrons. The van der Waals surface area contributed by atoms with Gasteiger partial charge in [-0.05, 0) is 36.4 Å². The molecule has 0 N–H and O–H groups in total. The fourth-order valence-electron chi connectivity index (χ4n) is 2.21. The van der Waals surface area contributed by atoms with Gasteiger partial charge in [0.1, 0.15) is 0 Å². The molecule has 4 heterocycles. The van der Waals surface area contributed by atoms with Gasteiger partial charge in [-0.15, -0.1) is 0 Å². The molecule has 0 radical (unpaired) electrons. The van der Waals surface area contributed by atoms with E-state index in [0.717, 1.165) is 22.4 Å². The van der Waals surface area contributed by atoms with Gasteiger partial charge in [0.25, 0.3) is 0 Å². The number of rotatable bonds is 2. The van der Waals surface area contributed by atoms with Gasteiger partial charge in [-0.1, -0.05) is 18.2 Å². The van der Waals surface area contributed by atoms with Crippen LogP contribution in [0, 0.1) is 0 Å². The van der Waals surface area contributed by atoms with E-state index in [2.05, 4.69) is 19.9 Å². The Morgan fingerprint density at radius 3 is 1.64 bits per heavy atom. The molecule has 0 atom stereocenters. The Hall–Kier alpha value is -2.78. The fourth-order valence-corrected chi connectivity index (χ4v) is 2.21. The van der Waals surface area contributed by atoms with Crippen LogP contribution in [0.2, 0.25) is 0 Å². The molecule has 0 aliphatic rings. The first-order chi connectivity index (χ1) is 11.9. The van der Waals surface area contributed by atoms with Crippen LogP contribution in [0.15, 0.2) is 98.0 Å². The maximum absolute atomic E-state index is 4.46. The van der Waals surface area contributed by atoms with Crippen molar-refractivity contribution in [3.05, 3.63) is 98.0 Å². The van der Waals surface area contributed by atoms with Crippen molar-refractivity contribution < 1.29 is 19.5 Å². The molecule has 5 heteroatoms. The zero-order valence-corrected chi connectivity index (χ0v) is 15.1. The Kier molecular flexibility index (Phi) is 7.55. The summed E-state index contributed by atoms with van der Waals surface area (Å²) in [6, 6.07) is 17.6. The molecule has 4 nitrogen and oxygen atoms in total. The van der Waals surface area contributed by atoms with E-state index in [9.17, 15) is 0 Å². The van der Waals surface area contributed by atoms with E-state index in [1.165, 1.54) is 0 Å². The number of hydrogen-bond donors (Lipinski definition) is 0. The number of pyridine rings is 4. The monoisotopic (exact) mass is 414 g/mol. The van der Waals surface area contributed by atoms with Gasteiger partial charge in [-0.3, -0.25) is 19.9 Å². The standard InChI is InChI=1S/C15H11N3.C5H5N.Ru/c1-4-12(10-16-7-1)14-6-3-9-18-15(14)13-5-2-8-17-11-13;1-2-4-6-5-3-1;/h1-11H;1-5H;. The zero-order chi connectivity index (χ0) is 16.5. The van der Waals surface area contributed by atoms with Gasteiger partial charge >= 0.3 is 0 Å². The third-order valence-electron chi connectivity index (χ3n) is 3.28. The fraction of sp³-hybridized carbons (Fsp3) is 0. The molecule has 0 spiro atoms. The van der Waals surface area contributed by atoms with Crippen LogP contribution in [0.25, 0.3) is 22.4 Å². The number of hydrogen-bond acceptors (Lipinski definition) is 4. The minimum absolute atomic E-state index is 0. The maximum Gasteiger partial charge on any atom is 0.0796 e. The van der Waals surface area contributed by atoms with Crippen molar-refractivity contribution in [1.29, 1.82) is 0 Å². The SMILES string of the molecule is [Ru].c1ccncc1.c1cncc(-c2cccnc2-c2cccnc2)c1. The van der Waals surface area contributed by atoms with Crippen molar-refractivity contribution in [3.63, 3.8) is 0 Å². The quantitative estimate of drug-likeness (QED) is 0.460. The van der Waals surface area contributed by atoms with E-state index in [1.807, 2.05) is 67.0 Å². The van der Waals surface area contributed by atoms with E-state index in [-0.39, 0.29) is 19.5 Å². The Morgan fingerprint density at radius 2 is 1.12 bits per heavy atom. The molecule has 0 saturated carbocycles. The molecule has 25 heavy (non-hydrogen) atoms. The zero-order valence-electron chi connectivity index (χ0n) is 13.4. The molecule has 0 saturated heterocycles. The van der Waals surface area contributed by atoms with Gasteiger partial charge in [0.15, 0.2) is 0 Å². The number of nitrogens with zero attached hydrogens (tertiary/aromatic N) is 4. The average Bonchev–Trinajstić information content (AvgIpc) is 2.71. The van der Waals surface area contributed by atoms with Crippen molar-refractivity contribution in [2.24, 2.45) is 0 Å². The first kappa shape index (κ1) is 18.6. The first-order valence-corrected chi connectivity index (χ1v) is 7.56. The van der Waals surface area contributed by atoms with Gasteiger partial charge in [0, 0.05) is 79.5 Å². The molecular weight excluding hydrogens is 397 g/mol. The molecule has 0 aliphatic heterocycles. The first-order valence-electron chi connectivity index (χ1n) is 7.56. The topological polar surface area (TPSA) is 51.6 Å². The van der Waals surface area contributed by atoms with Crippen molar-refractivity contribution >= 4 is 0 Å². The van der Waals surface area contributed by atoms with Crippen LogP contribution >= 0.6 is 0 Å². The summed E-state index contributed by atoms with van der Waals surface area (Å²) in [7, 11) is 0. The van der Waals surface area contributed by atoms with E-state index >= 15 is 0 Å². The Morgan fingerprint density at radius 1 is 0.520 bits per heavy atom. The van der Waals surface area contributed by atoms with Crippen LogP contribution in [0.1, 0.15) is 0 Å². The predicted octanol–water partition coefficient (Wildman–Crippen LogP) is 4.28. The summed E-state index contributed by atoms with van der Waals surface area (Å²) in [6.45, 7) is 0. The molecule has 0 fully saturated rings. The minimum atomic E-state index is 0. The van der Waals surface area contributed by atoms with Crippen molar-refractivity contribution in [1.82, 2.24) is 19.9 Å². The molecule has 4 rings (SSSR count). The van der Waals surface area contributed by atoms with E-state index in [0.29, 0.717) is 0 Å². The van der Waals surface area contributed by atoms with Crippen LogP contribution < -0.4 is 0 Å². The van der Waals surface area contributed by atoms with Gasteiger partial charge in [0.05, 0.1) is 5.69 Å². The summed E-state index contributed by atoms with van der Waals surface area (Å²) in [5, 5.41) is 0. The average molecular weight is 413 g/mol. The van der Waals surface area contributed by atoms with Gasteiger partial charge in [0.2, 0.25) is 0 Å². The summed E-state index contributed by atoms with van der Waals surface area (Å²) in [5.41, 5.74) is 4.07. The molecule has 0 bridgehead atoms. The van der Waals surface area contributed by atoms with E-state index in [4.69, 9.17) is 0 Å². The van der Waals surface area contributed by atoms with Crippen molar-refractivity contribution in [2.45, 2.75) is 0 Å². The van der Waals surface area contributed by atoms with Gasteiger partial charge < -0.3 is 0 Å². The summed E-state index contributed by atoms with van der Waals surface area (Å²) >= 11 is 0. The van der Waals surface area contributed by atoms with E-state index < -0.39 is 0 Å². The Balaban J connectivity index is 0.000000275. The van der Waals surface area contributed by atoms with E-state index in [1.54, 1.807) is 31.0 Å². The summed E-state index contributed by atoms with van der Waals surface area (Å²) in [5.74, 6) is 0. The third kappa shape index (κ3) is 5.37.